The van der Waals surface area contributed by atoms with Crippen LogP contribution in [0.5, 0.6) is 11.5 Å². The summed E-state index contributed by atoms with van der Waals surface area (Å²) in [4.78, 5) is 25.9. The number of amides is 2. The van der Waals surface area contributed by atoms with Crippen molar-refractivity contribution in [2.24, 2.45) is 0 Å². The highest BCUT2D eigenvalue weighted by Gasteiger charge is 2.37. The summed E-state index contributed by atoms with van der Waals surface area (Å²) in [6.07, 6.45) is 0. The van der Waals surface area contributed by atoms with Crippen molar-refractivity contribution in [3.8, 4) is 11.5 Å². The molecule has 1 aliphatic heterocycles. The van der Waals surface area contributed by atoms with Gasteiger partial charge in [0.15, 0.2) is 0 Å². The minimum atomic E-state index is -0.465. The molecule has 0 aliphatic carbocycles. The molecule has 0 bridgehead atoms. The molecule has 2 aromatic rings. The lowest BCUT2D eigenvalue weighted by atomic mass is 10.1. The van der Waals surface area contributed by atoms with Crippen LogP contribution in [-0.2, 0) is 6.54 Å². The molecule has 2 amide bonds. The van der Waals surface area contributed by atoms with Crippen LogP contribution in [-0.4, -0.2) is 28.9 Å². The van der Waals surface area contributed by atoms with Crippen LogP contribution in [0.15, 0.2) is 36.4 Å². The minimum Gasteiger partial charge on any atom is -0.507 e. The Bertz CT molecular complexity index is 782. The van der Waals surface area contributed by atoms with E-state index in [2.05, 4.69) is 0 Å². The summed E-state index contributed by atoms with van der Waals surface area (Å²) < 4.78 is 5.15. The molecule has 3 rings (SSSR count). The Morgan fingerprint density at radius 3 is 2.55 bits per heavy atom. The smallest absolute Gasteiger partial charge is 0.265 e. The summed E-state index contributed by atoms with van der Waals surface area (Å²) in [5.74, 6) is -0.287. The van der Waals surface area contributed by atoms with Gasteiger partial charge in [0.1, 0.15) is 11.5 Å². The van der Waals surface area contributed by atoms with E-state index < -0.39 is 5.91 Å². The fourth-order valence-electron chi connectivity index (χ4n) is 2.60. The molecule has 0 fully saturated rings. The molecule has 5 heteroatoms. The lowest BCUT2D eigenvalue weighted by Gasteiger charge is -2.16. The summed E-state index contributed by atoms with van der Waals surface area (Å²) in [5, 5.41) is 9.81. The van der Waals surface area contributed by atoms with Gasteiger partial charge in [0.05, 0.1) is 24.8 Å². The van der Waals surface area contributed by atoms with E-state index in [1.54, 1.807) is 25.3 Å². The van der Waals surface area contributed by atoms with Gasteiger partial charge < -0.3 is 9.84 Å². The first-order chi connectivity index (χ1) is 10.5. The molecule has 0 unspecified atom stereocenters. The Hall–Kier alpha value is -2.82. The van der Waals surface area contributed by atoms with Gasteiger partial charge in [-0.15, -0.1) is 0 Å². The van der Waals surface area contributed by atoms with Gasteiger partial charge in [-0.05, 0) is 42.3 Å². The second-order valence-corrected chi connectivity index (χ2v) is 5.19. The average Bonchev–Trinajstić information content (AvgIpc) is 2.75. The Morgan fingerprint density at radius 2 is 1.91 bits per heavy atom. The van der Waals surface area contributed by atoms with Crippen LogP contribution in [0.4, 0.5) is 0 Å². The Morgan fingerprint density at radius 1 is 1.14 bits per heavy atom. The minimum absolute atomic E-state index is 0.0821. The second kappa shape index (κ2) is 5.18. The number of nitrogens with zero attached hydrogens (tertiary/aromatic N) is 1. The molecule has 112 valence electrons. The number of hydrogen-bond donors (Lipinski definition) is 1. The van der Waals surface area contributed by atoms with Crippen molar-refractivity contribution in [2.75, 3.05) is 7.11 Å². The van der Waals surface area contributed by atoms with Crippen LogP contribution in [0.25, 0.3) is 0 Å². The van der Waals surface area contributed by atoms with Crippen molar-refractivity contribution in [3.05, 3.63) is 58.7 Å². The first-order valence-electron chi connectivity index (χ1n) is 6.84. The maximum absolute atomic E-state index is 12.4. The molecule has 0 aromatic heterocycles. The number of phenols is 1. The van der Waals surface area contributed by atoms with Crippen molar-refractivity contribution >= 4 is 11.8 Å². The lowest BCUT2D eigenvalue weighted by Crippen LogP contribution is -2.29. The van der Waals surface area contributed by atoms with Gasteiger partial charge >= 0.3 is 0 Å². The van der Waals surface area contributed by atoms with Crippen molar-refractivity contribution in [3.63, 3.8) is 0 Å². The number of benzene rings is 2. The number of phenolic OH excluding ortho intramolecular Hbond substituents is 1. The quantitative estimate of drug-likeness (QED) is 0.884. The number of ether oxygens (including phenoxy) is 1. The maximum atomic E-state index is 12.4. The number of fused-ring (bicyclic) bond motifs is 1. The zero-order chi connectivity index (χ0) is 15.9. The zero-order valence-electron chi connectivity index (χ0n) is 12.3. The average molecular weight is 297 g/mol. The molecule has 22 heavy (non-hydrogen) atoms. The van der Waals surface area contributed by atoms with Gasteiger partial charge in [0.25, 0.3) is 11.8 Å². The van der Waals surface area contributed by atoms with Crippen molar-refractivity contribution < 1.29 is 19.4 Å². The zero-order valence-corrected chi connectivity index (χ0v) is 12.3. The Kier molecular flexibility index (Phi) is 3.33. The fraction of sp³-hybridized carbons (Fsp3) is 0.176. The standard InChI is InChI=1S/C17H15NO4/c1-10-8-12(22-2)7-6-11(10)9-18-16(20)13-4-3-5-14(19)15(13)17(18)21/h3-8,19H,9H2,1-2H3. The van der Waals surface area contributed by atoms with E-state index in [1.807, 2.05) is 19.1 Å². The highest BCUT2D eigenvalue weighted by Crippen LogP contribution is 2.31. The largest absolute Gasteiger partial charge is 0.507 e. The van der Waals surface area contributed by atoms with Crippen LogP contribution in [0.3, 0.4) is 0 Å². The Labute approximate surface area is 127 Å². The lowest BCUT2D eigenvalue weighted by molar-refractivity contribution is 0.0641. The van der Waals surface area contributed by atoms with Gasteiger partial charge in [-0.25, -0.2) is 0 Å². The molecule has 5 nitrogen and oxygen atoms in total. The molecule has 2 aromatic carbocycles. The third-order valence-corrected chi connectivity index (χ3v) is 3.86. The van der Waals surface area contributed by atoms with Crippen molar-refractivity contribution in [1.29, 1.82) is 0 Å². The van der Waals surface area contributed by atoms with Crippen LogP contribution in [0, 0.1) is 6.92 Å². The summed E-state index contributed by atoms with van der Waals surface area (Å²) in [6, 6.07) is 9.99. The third-order valence-electron chi connectivity index (χ3n) is 3.86. The van der Waals surface area contributed by atoms with Gasteiger partial charge in [0.2, 0.25) is 0 Å². The van der Waals surface area contributed by atoms with E-state index in [1.165, 1.54) is 6.07 Å². The predicted octanol–water partition coefficient (Wildman–Crippen LogP) is 2.51. The number of methoxy groups -OCH3 is 1. The van der Waals surface area contributed by atoms with E-state index in [4.69, 9.17) is 4.74 Å². The molecular formula is C17H15NO4. The van der Waals surface area contributed by atoms with Crippen molar-refractivity contribution in [2.45, 2.75) is 13.5 Å². The van der Waals surface area contributed by atoms with Crippen LogP contribution in [0.1, 0.15) is 31.8 Å². The van der Waals surface area contributed by atoms with E-state index in [0.29, 0.717) is 0 Å². The van der Waals surface area contributed by atoms with Crippen LogP contribution in [0.2, 0.25) is 0 Å². The number of aromatic hydroxyl groups is 1. The number of carbonyl (C=O) groups is 2. The molecule has 0 saturated heterocycles. The topological polar surface area (TPSA) is 66.8 Å². The van der Waals surface area contributed by atoms with Gasteiger partial charge in [-0.3, -0.25) is 14.5 Å². The first kappa shape index (κ1) is 14.1. The Balaban J connectivity index is 1.94. The van der Waals surface area contributed by atoms with E-state index >= 15 is 0 Å². The fourth-order valence-corrected chi connectivity index (χ4v) is 2.60. The number of carbonyl (C=O) groups excluding carboxylic acids is 2. The van der Waals surface area contributed by atoms with Crippen molar-refractivity contribution in [1.82, 2.24) is 4.90 Å². The van der Waals surface area contributed by atoms with Gasteiger partial charge in [0, 0.05) is 0 Å². The first-order valence-corrected chi connectivity index (χ1v) is 6.84. The highest BCUT2D eigenvalue weighted by molar-refractivity contribution is 6.22. The number of rotatable bonds is 3. The van der Waals surface area contributed by atoms with E-state index in [0.717, 1.165) is 21.8 Å². The van der Waals surface area contributed by atoms with E-state index in [9.17, 15) is 14.7 Å². The number of imide groups is 1. The third kappa shape index (κ3) is 2.11. The van der Waals surface area contributed by atoms with Crippen LogP contribution >= 0.6 is 0 Å². The molecular weight excluding hydrogens is 282 g/mol. The summed E-state index contributed by atoms with van der Waals surface area (Å²) in [5.41, 5.74) is 2.12. The van der Waals surface area contributed by atoms with Gasteiger partial charge in [-0.2, -0.15) is 0 Å². The monoisotopic (exact) mass is 297 g/mol. The molecule has 0 radical (unpaired) electrons. The number of hydrogen-bond acceptors (Lipinski definition) is 4. The molecule has 1 heterocycles. The molecule has 0 saturated carbocycles. The summed E-state index contributed by atoms with van der Waals surface area (Å²) in [7, 11) is 1.58. The maximum Gasteiger partial charge on any atom is 0.265 e. The summed E-state index contributed by atoms with van der Waals surface area (Å²) >= 11 is 0. The highest BCUT2D eigenvalue weighted by atomic mass is 16.5. The second-order valence-electron chi connectivity index (χ2n) is 5.19. The molecule has 0 spiro atoms. The normalized spacial score (nSPS) is 13.5. The molecule has 0 atom stereocenters. The van der Waals surface area contributed by atoms with Crippen LogP contribution < -0.4 is 4.74 Å². The SMILES string of the molecule is COc1ccc(CN2C(=O)c3cccc(O)c3C2=O)c(C)c1. The molecule has 1 aliphatic rings. The predicted molar refractivity (Wildman–Crippen MR) is 80.0 cm³/mol. The molecule has 1 N–H and O–H groups in total. The van der Waals surface area contributed by atoms with Gasteiger partial charge in [-0.1, -0.05) is 12.1 Å². The number of aryl methyl sites for hydroxylation is 1. The van der Waals surface area contributed by atoms with E-state index in [-0.39, 0.29) is 29.3 Å². The summed E-state index contributed by atoms with van der Waals surface area (Å²) in [6.45, 7) is 2.06.